The number of carbonyl (C=O) groups is 1. The lowest BCUT2D eigenvalue weighted by Crippen LogP contribution is -2.03. The van der Waals surface area contributed by atoms with E-state index in [-0.39, 0.29) is 11.3 Å². The van der Waals surface area contributed by atoms with Crippen LogP contribution in [0.1, 0.15) is 24.2 Å². The summed E-state index contributed by atoms with van der Waals surface area (Å²) in [4.78, 5) is 21.9. The fraction of sp³-hybridized carbons (Fsp3) is 0.364. The Morgan fingerprint density at radius 1 is 1.44 bits per heavy atom. The molecule has 0 atom stereocenters. The van der Waals surface area contributed by atoms with Gasteiger partial charge in [-0.25, -0.2) is 4.79 Å². The second-order valence-electron chi connectivity index (χ2n) is 2.74. The Labute approximate surface area is 110 Å². The molecule has 0 heterocycles. The number of benzene rings is 1. The van der Waals surface area contributed by atoms with Crippen LogP contribution in [0.15, 0.2) is 23.1 Å². The molecule has 0 aliphatic rings. The monoisotopic (exact) mass is 272 g/mol. The number of esters is 1. The molecule has 1 N–H and O–H groups in total. The summed E-state index contributed by atoms with van der Waals surface area (Å²) in [6.45, 7) is 4.00. The highest BCUT2D eigenvalue weighted by Gasteiger charge is 2.17. The number of nitro benzene ring substituents is 1. The molecule has 0 aromatic heterocycles. The number of nitrogens with zero attached hydrogens (tertiary/aromatic N) is 1. The molecule has 0 fully saturated rings. The van der Waals surface area contributed by atoms with Gasteiger partial charge in [0.25, 0.3) is 5.69 Å². The number of nitrogens with one attached hydrogen (secondary N) is 1. The summed E-state index contributed by atoms with van der Waals surface area (Å²) in [5.74, 6) is -0.593. The van der Waals surface area contributed by atoms with E-state index in [0.29, 0.717) is 4.90 Å². The van der Waals surface area contributed by atoms with E-state index in [1.54, 1.807) is 7.05 Å². The minimum absolute atomic E-state index is 0.123. The van der Waals surface area contributed by atoms with Crippen molar-refractivity contribution < 1.29 is 14.5 Å². The van der Waals surface area contributed by atoms with Gasteiger partial charge in [0.1, 0.15) is 4.90 Å². The van der Waals surface area contributed by atoms with E-state index in [1.807, 2.05) is 13.8 Å². The molecule has 1 aromatic rings. The lowest BCUT2D eigenvalue weighted by molar-refractivity contribution is -0.387. The predicted molar refractivity (Wildman–Crippen MR) is 70.7 cm³/mol. The number of carbonyl (C=O) groups excluding carboxylic acids is 1. The normalized spacial score (nSPS) is 9.11. The van der Waals surface area contributed by atoms with Crippen LogP contribution < -0.4 is 4.72 Å². The Kier molecular flexibility index (Phi) is 7.73. The van der Waals surface area contributed by atoms with Crippen LogP contribution in [0.25, 0.3) is 0 Å². The average Bonchev–Trinajstić information content (AvgIpc) is 2.40. The molecule has 1 aromatic carbocycles. The van der Waals surface area contributed by atoms with E-state index in [9.17, 15) is 14.9 Å². The summed E-state index contributed by atoms with van der Waals surface area (Å²) in [6, 6.07) is 4.19. The third kappa shape index (κ3) is 4.34. The van der Waals surface area contributed by atoms with Crippen molar-refractivity contribution in [3.05, 3.63) is 33.9 Å². The zero-order chi connectivity index (χ0) is 14.1. The Morgan fingerprint density at radius 3 is 2.50 bits per heavy atom. The van der Waals surface area contributed by atoms with Gasteiger partial charge in [-0.2, -0.15) is 0 Å². The Morgan fingerprint density at radius 2 is 2.06 bits per heavy atom. The molecular weight excluding hydrogens is 256 g/mol. The first-order chi connectivity index (χ1) is 8.60. The van der Waals surface area contributed by atoms with Gasteiger partial charge in [-0.3, -0.25) is 14.8 Å². The van der Waals surface area contributed by atoms with Crippen molar-refractivity contribution in [1.82, 2.24) is 4.72 Å². The van der Waals surface area contributed by atoms with Crippen molar-refractivity contribution in [2.24, 2.45) is 0 Å². The van der Waals surface area contributed by atoms with Crippen LogP contribution in [0.4, 0.5) is 5.69 Å². The molecule has 6 nitrogen and oxygen atoms in total. The van der Waals surface area contributed by atoms with Crippen molar-refractivity contribution in [3.8, 4) is 0 Å². The molecule has 0 aliphatic heterocycles. The highest BCUT2D eigenvalue weighted by Crippen LogP contribution is 2.28. The van der Waals surface area contributed by atoms with E-state index >= 15 is 0 Å². The van der Waals surface area contributed by atoms with Crippen LogP contribution in [-0.2, 0) is 4.74 Å². The van der Waals surface area contributed by atoms with Crippen LogP contribution in [-0.4, -0.2) is 25.1 Å². The zero-order valence-electron chi connectivity index (χ0n) is 10.7. The second kappa shape index (κ2) is 8.48. The van der Waals surface area contributed by atoms with Crippen molar-refractivity contribution in [2.75, 3.05) is 14.2 Å². The predicted octanol–water partition coefficient (Wildman–Crippen LogP) is 2.63. The van der Waals surface area contributed by atoms with E-state index in [2.05, 4.69) is 9.46 Å². The van der Waals surface area contributed by atoms with Gasteiger partial charge in [0.15, 0.2) is 0 Å². The highest BCUT2D eigenvalue weighted by atomic mass is 32.2. The molecule has 0 bridgehead atoms. The summed E-state index contributed by atoms with van der Waals surface area (Å²) in [7, 11) is 2.88. The third-order valence-corrected chi connectivity index (χ3v) is 2.56. The van der Waals surface area contributed by atoms with Crippen molar-refractivity contribution in [1.29, 1.82) is 0 Å². The number of hydrogen-bond donors (Lipinski definition) is 1. The Hall–Kier alpha value is -1.60. The van der Waals surface area contributed by atoms with Gasteiger partial charge in [0, 0.05) is 6.07 Å². The first kappa shape index (κ1) is 16.4. The van der Waals surface area contributed by atoms with Gasteiger partial charge >= 0.3 is 5.97 Å². The minimum Gasteiger partial charge on any atom is -0.465 e. The molecule has 0 spiro atoms. The van der Waals surface area contributed by atoms with Gasteiger partial charge in [0.2, 0.25) is 0 Å². The SMILES string of the molecule is CC.CNSc1ccc(C(=O)OC)cc1[N+](=O)[O-]. The quantitative estimate of drug-likeness (QED) is 0.393. The number of hydrogen-bond acceptors (Lipinski definition) is 6. The highest BCUT2D eigenvalue weighted by molar-refractivity contribution is 7.97. The van der Waals surface area contributed by atoms with Crippen molar-refractivity contribution in [3.63, 3.8) is 0 Å². The van der Waals surface area contributed by atoms with Crippen LogP contribution in [0.5, 0.6) is 0 Å². The van der Waals surface area contributed by atoms with Gasteiger partial charge in [0.05, 0.1) is 17.6 Å². The summed E-state index contributed by atoms with van der Waals surface area (Å²) in [5, 5.41) is 10.8. The largest absolute Gasteiger partial charge is 0.465 e. The van der Waals surface area contributed by atoms with Crippen molar-refractivity contribution >= 4 is 23.6 Å². The molecule has 0 saturated heterocycles. The molecule has 0 amide bonds. The Balaban J connectivity index is 0.00000137. The summed E-state index contributed by atoms with van der Waals surface area (Å²) in [5.41, 5.74) is 0.0388. The number of ether oxygens (including phenoxy) is 1. The topological polar surface area (TPSA) is 81.5 Å². The number of methoxy groups -OCH3 is 1. The lowest BCUT2D eigenvalue weighted by atomic mass is 10.2. The fourth-order valence-corrected chi connectivity index (χ4v) is 1.70. The van der Waals surface area contributed by atoms with Crippen LogP contribution in [0.3, 0.4) is 0 Å². The minimum atomic E-state index is -0.593. The van der Waals surface area contributed by atoms with Crippen molar-refractivity contribution in [2.45, 2.75) is 18.7 Å². The van der Waals surface area contributed by atoms with Gasteiger partial charge in [-0.15, -0.1) is 0 Å². The standard InChI is InChI=1S/C9H10N2O4S.C2H6/c1-10-16-8-4-3-6(9(12)15-2)5-7(8)11(13)14;1-2/h3-5,10H,1-2H3;1-2H3. The first-order valence-electron chi connectivity index (χ1n) is 5.30. The van der Waals surface area contributed by atoms with Crippen LogP contribution >= 0.6 is 11.9 Å². The molecule has 1 rings (SSSR count). The molecule has 100 valence electrons. The number of rotatable bonds is 4. The van der Waals surface area contributed by atoms with Crippen LogP contribution in [0.2, 0.25) is 0 Å². The smallest absolute Gasteiger partial charge is 0.338 e. The van der Waals surface area contributed by atoms with E-state index in [0.717, 1.165) is 11.9 Å². The van der Waals surface area contributed by atoms with Gasteiger partial charge in [-0.1, -0.05) is 13.8 Å². The van der Waals surface area contributed by atoms with E-state index in [1.165, 1.54) is 25.3 Å². The lowest BCUT2D eigenvalue weighted by Gasteiger charge is -2.03. The first-order valence-corrected chi connectivity index (χ1v) is 6.12. The van der Waals surface area contributed by atoms with E-state index in [4.69, 9.17) is 0 Å². The van der Waals surface area contributed by atoms with Crippen LogP contribution in [0, 0.1) is 10.1 Å². The van der Waals surface area contributed by atoms with Gasteiger partial charge in [-0.05, 0) is 31.1 Å². The second-order valence-corrected chi connectivity index (χ2v) is 3.79. The molecule has 0 radical (unpaired) electrons. The third-order valence-electron chi connectivity index (χ3n) is 1.79. The summed E-state index contributed by atoms with van der Waals surface area (Å²) < 4.78 is 7.22. The number of nitro groups is 1. The van der Waals surface area contributed by atoms with E-state index < -0.39 is 10.9 Å². The molecule has 7 heteroatoms. The molecule has 0 saturated carbocycles. The maximum Gasteiger partial charge on any atom is 0.338 e. The molecular formula is C11H16N2O4S. The molecule has 0 aliphatic carbocycles. The van der Waals surface area contributed by atoms with Gasteiger partial charge < -0.3 is 4.74 Å². The molecule has 0 unspecified atom stereocenters. The fourth-order valence-electron chi connectivity index (χ4n) is 1.10. The molecule has 18 heavy (non-hydrogen) atoms. The maximum atomic E-state index is 11.2. The Bertz CT molecular complexity index is 424. The summed E-state index contributed by atoms with van der Waals surface area (Å²) in [6.07, 6.45) is 0. The zero-order valence-corrected chi connectivity index (χ0v) is 11.5. The maximum absolute atomic E-state index is 11.2. The average molecular weight is 272 g/mol. The summed E-state index contributed by atoms with van der Waals surface area (Å²) >= 11 is 1.11.